The Morgan fingerprint density at radius 1 is 0.936 bits per heavy atom. The minimum absolute atomic E-state index is 0.0129. The Morgan fingerprint density at radius 3 is 2.57 bits per heavy atom. The van der Waals surface area contributed by atoms with Gasteiger partial charge in [-0.05, 0) is 89.1 Å². The molecule has 3 heterocycles. The topological polar surface area (TPSA) is 119 Å². The van der Waals surface area contributed by atoms with Gasteiger partial charge in [-0.25, -0.2) is 19.7 Å². The molecule has 0 spiro atoms. The molecule has 6 rings (SSSR count). The van der Waals surface area contributed by atoms with Gasteiger partial charge in [-0.2, -0.15) is 0 Å². The second kappa shape index (κ2) is 13.6. The molecule has 10 heteroatoms. The molecule has 2 unspecified atom stereocenters. The van der Waals surface area contributed by atoms with Crippen molar-refractivity contribution in [1.29, 1.82) is 0 Å². The van der Waals surface area contributed by atoms with Gasteiger partial charge in [-0.15, -0.1) is 0 Å². The van der Waals surface area contributed by atoms with Crippen LogP contribution in [0.2, 0.25) is 0 Å². The van der Waals surface area contributed by atoms with Gasteiger partial charge in [0.15, 0.2) is 0 Å². The second-order valence-electron chi connectivity index (χ2n) is 13.7. The lowest BCUT2D eigenvalue weighted by Crippen LogP contribution is -2.47. The summed E-state index contributed by atoms with van der Waals surface area (Å²) in [5, 5.41) is 8.41. The third kappa shape index (κ3) is 7.48. The highest BCUT2D eigenvalue weighted by Gasteiger charge is 2.30. The lowest BCUT2D eigenvalue weighted by molar-refractivity contribution is -0.120. The van der Waals surface area contributed by atoms with Crippen LogP contribution in [0, 0.1) is 18.8 Å². The number of anilines is 2. The quantitative estimate of drug-likeness (QED) is 0.210. The number of hydrogen-bond acceptors (Lipinski definition) is 8. The molecule has 47 heavy (non-hydrogen) atoms. The molecule has 1 saturated carbocycles. The maximum absolute atomic E-state index is 13.2. The van der Waals surface area contributed by atoms with Gasteiger partial charge >= 0.3 is 6.09 Å². The van der Waals surface area contributed by atoms with E-state index in [9.17, 15) is 9.59 Å². The fourth-order valence-corrected chi connectivity index (χ4v) is 6.56. The third-order valence-electron chi connectivity index (χ3n) is 8.97. The molecule has 0 bridgehead atoms. The SMILES string of the molecule is Cc1ccc2c(NC(=O)C3CCCC3C)cccc2c1Oc1ncccc1-c1ccnc(N[C@H]2CCCN(C(=O)OC(C)(C)C)C2)n1. The van der Waals surface area contributed by atoms with E-state index in [1.165, 1.54) is 0 Å². The molecule has 10 nitrogen and oxygen atoms in total. The van der Waals surface area contributed by atoms with Crippen LogP contribution in [0.1, 0.15) is 65.4 Å². The van der Waals surface area contributed by atoms with Crippen LogP contribution in [0.4, 0.5) is 16.4 Å². The molecular formula is C37H44N6O4. The van der Waals surface area contributed by atoms with Crippen LogP contribution in [-0.2, 0) is 9.53 Å². The Kier molecular flexibility index (Phi) is 9.29. The summed E-state index contributed by atoms with van der Waals surface area (Å²) in [5.41, 5.74) is 2.54. The average molecular weight is 637 g/mol. The Hall–Kier alpha value is -4.73. The van der Waals surface area contributed by atoms with Crippen molar-refractivity contribution in [3.8, 4) is 22.9 Å². The fourth-order valence-electron chi connectivity index (χ4n) is 6.56. The number of piperidine rings is 1. The van der Waals surface area contributed by atoms with Gasteiger partial charge in [0.05, 0.1) is 11.3 Å². The number of likely N-dealkylation sites (tertiary alicyclic amines) is 1. The molecule has 2 N–H and O–H groups in total. The minimum Gasteiger partial charge on any atom is -0.444 e. The van der Waals surface area contributed by atoms with Crippen LogP contribution in [0.15, 0.2) is 60.9 Å². The van der Waals surface area contributed by atoms with E-state index in [2.05, 4.69) is 27.5 Å². The summed E-state index contributed by atoms with van der Waals surface area (Å²) in [7, 11) is 0. The summed E-state index contributed by atoms with van der Waals surface area (Å²) in [6.07, 6.45) is 7.95. The summed E-state index contributed by atoms with van der Waals surface area (Å²) in [4.78, 5) is 41.5. The maximum atomic E-state index is 13.2. The van der Waals surface area contributed by atoms with Crippen LogP contribution in [0.3, 0.4) is 0 Å². The molecule has 1 aliphatic heterocycles. The predicted molar refractivity (Wildman–Crippen MR) is 184 cm³/mol. The Morgan fingerprint density at radius 2 is 1.79 bits per heavy atom. The first-order chi connectivity index (χ1) is 22.6. The van der Waals surface area contributed by atoms with E-state index < -0.39 is 5.60 Å². The highest BCUT2D eigenvalue weighted by atomic mass is 16.6. The van der Waals surface area contributed by atoms with Crippen LogP contribution in [0.25, 0.3) is 22.0 Å². The molecule has 1 saturated heterocycles. The number of hydrogen-bond donors (Lipinski definition) is 2. The van der Waals surface area contributed by atoms with Crippen molar-refractivity contribution in [2.24, 2.45) is 11.8 Å². The van der Waals surface area contributed by atoms with Crippen molar-refractivity contribution in [2.45, 2.75) is 78.4 Å². The Balaban J connectivity index is 1.23. The number of carbonyl (C=O) groups excluding carboxylic acids is 2. The lowest BCUT2D eigenvalue weighted by Gasteiger charge is -2.34. The van der Waals surface area contributed by atoms with Crippen LogP contribution < -0.4 is 15.4 Å². The number of aryl methyl sites for hydroxylation is 1. The molecular weight excluding hydrogens is 592 g/mol. The van der Waals surface area contributed by atoms with E-state index in [0.717, 1.165) is 54.1 Å². The maximum Gasteiger partial charge on any atom is 0.410 e. The number of benzene rings is 2. The summed E-state index contributed by atoms with van der Waals surface area (Å²) in [5.74, 6) is 2.06. The monoisotopic (exact) mass is 636 g/mol. The predicted octanol–water partition coefficient (Wildman–Crippen LogP) is 7.98. The molecule has 2 aliphatic rings. The Labute approximate surface area is 276 Å². The molecule has 1 aliphatic carbocycles. The number of fused-ring (bicyclic) bond motifs is 1. The van der Waals surface area contributed by atoms with Gasteiger partial charge in [0, 0.05) is 53.9 Å². The molecule has 246 valence electrons. The molecule has 2 amide bonds. The van der Waals surface area contributed by atoms with Crippen molar-refractivity contribution in [2.75, 3.05) is 23.7 Å². The zero-order valence-corrected chi connectivity index (χ0v) is 27.9. The van der Waals surface area contributed by atoms with Gasteiger partial charge in [0.2, 0.25) is 17.7 Å². The molecule has 2 aromatic carbocycles. The number of ether oxygens (including phenoxy) is 2. The Bertz CT molecular complexity index is 1770. The smallest absolute Gasteiger partial charge is 0.410 e. The average Bonchev–Trinajstić information content (AvgIpc) is 3.48. The summed E-state index contributed by atoms with van der Waals surface area (Å²) < 4.78 is 12.2. The summed E-state index contributed by atoms with van der Waals surface area (Å²) in [6, 6.07) is 15.5. The summed E-state index contributed by atoms with van der Waals surface area (Å²) >= 11 is 0. The first kappa shape index (κ1) is 32.2. The first-order valence-electron chi connectivity index (χ1n) is 16.6. The second-order valence-corrected chi connectivity index (χ2v) is 13.7. The van der Waals surface area contributed by atoms with Crippen molar-refractivity contribution in [3.63, 3.8) is 0 Å². The van der Waals surface area contributed by atoms with Gasteiger partial charge in [-0.1, -0.05) is 37.6 Å². The highest BCUT2D eigenvalue weighted by Crippen LogP contribution is 2.39. The van der Waals surface area contributed by atoms with E-state index >= 15 is 0 Å². The van der Waals surface area contributed by atoms with Crippen molar-refractivity contribution in [1.82, 2.24) is 19.9 Å². The number of pyridine rings is 1. The van der Waals surface area contributed by atoms with Gasteiger partial charge < -0.3 is 25.0 Å². The lowest BCUT2D eigenvalue weighted by atomic mass is 9.97. The zero-order chi connectivity index (χ0) is 33.1. The highest BCUT2D eigenvalue weighted by molar-refractivity contribution is 6.05. The minimum atomic E-state index is -0.547. The van der Waals surface area contributed by atoms with Crippen molar-refractivity contribution < 1.29 is 19.1 Å². The van der Waals surface area contributed by atoms with Crippen molar-refractivity contribution >= 4 is 34.4 Å². The van der Waals surface area contributed by atoms with Crippen LogP contribution in [0.5, 0.6) is 11.6 Å². The van der Waals surface area contributed by atoms with Crippen LogP contribution >= 0.6 is 0 Å². The molecule has 2 aromatic heterocycles. The number of carbonyl (C=O) groups is 2. The number of nitrogens with zero attached hydrogens (tertiary/aromatic N) is 4. The molecule has 4 aromatic rings. The number of rotatable bonds is 7. The number of aromatic nitrogens is 3. The van der Waals surface area contributed by atoms with E-state index in [1.54, 1.807) is 17.3 Å². The van der Waals surface area contributed by atoms with E-state index in [0.29, 0.717) is 47.8 Å². The molecule has 0 radical (unpaired) electrons. The summed E-state index contributed by atoms with van der Waals surface area (Å²) in [6.45, 7) is 10.9. The van der Waals surface area contributed by atoms with E-state index in [-0.39, 0.29) is 24.0 Å². The van der Waals surface area contributed by atoms with Gasteiger partial charge in [0.25, 0.3) is 0 Å². The standard InChI is InChI=1S/C37H44N6O4/c1-23-10-6-12-26(23)33(44)41-30-15-7-13-28-27(30)17-16-24(2)32(28)46-34-29(14-8-19-38-34)31-18-20-39-35(42-31)40-25-11-9-21-43(22-25)36(45)47-37(3,4)5/h7-8,13-20,23,25-26H,6,9-12,21-22H2,1-5H3,(H,41,44)(H,39,40,42)/t23?,25-,26?/m0/s1. The number of nitrogens with one attached hydrogen (secondary N) is 2. The fraction of sp³-hybridized carbons (Fsp3) is 0.432. The van der Waals surface area contributed by atoms with Gasteiger partial charge in [0.1, 0.15) is 11.4 Å². The number of amides is 2. The first-order valence-corrected chi connectivity index (χ1v) is 16.6. The largest absolute Gasteiger partial charge is 0.444 e. The normalized spacial score (nSPS) is 19.8. The van der Waals surface area contributed by atoms with Crippen molar-refractivity contribution in [3.05, 3.63) is 66.5 Å². The third-order valence-corrected chi connectivity index (χ3v) is 8.97. The van der Waals surface area contributed by atoms with Gasteiger partial charge in [-0.3, -0.25) is 4.79 Å². The molecule has 2 fully saturated rings. The van der Waals surface area contributed by atoms with E-state index in [4.69, 9.17) is 14.5 Å². The van der Waals surface area contributed by atoms with E-state index in [1.807, 2.05) is 76.2 Å². The zero-order valence-electron chi connectivity index (χ0n) is 27.9. The van der Waals surface area contributed by atoms with Crippen LogP contribution in [-0.4, -0.2) is 56.6 Å². The molecule has 3 atom stereocenters.